The number of hydrogen-bond acceptors (Lipinski definition) is 3. The van der Waals surface area contributed by atoms with Gasteiger partial charge in [-0.1, -0.05) is 6.08 Å². The second-order valence-corrected chi connectivity index (χ2v) is 2.93. The van der Waals surface area contributed by atoms with Gasteiger partial charge < -0.3 is 9.47 Å². The number of carbonyl (C=O) groups is 1. The molecule has 0 fully saturated rings. The van der Waals surface area contributed by atoms with Crippen molar-refractivity contribution in [3.05, 3.63) is 12.2 Å². The van der Waals surface area contributed by atoms with Crippen LogP contribution in [-0.2, 0) is 14.3 Å². The van der Waals surface area contributed by atoms with E-state index in [0.29, 0.717) is 12.3 Å². The van der Waals surface area contributed by atoms with E-state index in [4.69, 9.17) is 9.47 Å². The topological polar surface area (TPSA) is 35.5 Å². The predicted molar refractivity (Wildman–Crippen MR) is 44.7 cm³/mol. The molecule has 1 aliphatic carbocycles. The molecular weight excluding hydrogens is 156 g/mol. The van der Waals surface area contributed by atoms with E-state index in [9.17, 15) is 4.79 Å². The van der Waals surface area contributed by atoms with Gasteiger partial charge in [0.15, 0.2) is 12.1 Å². The summed E-state index contributed by atoms with van der Waals surface area (Å²) in [5.74, 6) is 0.494. The molecule has 1 atom stereocenters. The van der Waals surface area contributed by atoms with E-state index in [2.05, 4.69) is 0 Å². The first-order chi connectivity index (χ1) is 5.76. The Morgan fingerprint density at radius 1 is 1.58 bits per heavy atom. The van der Waals surface area contributed by atoms with Crippen LogP contribution in [-0.4, -0.2) is 26.3 Å². The summed E-state index contributed by atoms with van der Waals surface area (Å²) in [5.41, 5.74) is 0. The minimum atomic E-state index is -0.189. The maximum absolute atomic E-state index is 10.8. The smallest absolute Gasteiger partial charge is 0.157 e. The van der Waals surface area contributed by atoms with Gasteiger partial charge in [-0.25, -0.2) is 0 Å². The highest BCUT2D eigenvalue weighted by Crippen LogP contribution is 2.20. The summed E-state index contributed by atoms with van der Waals surface area (Å²) in [6.07, 6.45) is 4.73. The SMILES string of the molecule is COC(C[C@H]1C=CC(=O)C1)OC. The Labute approximate surface area is 72.4 Å². The van der Waals surface area contributed by atoms with Crippen molar-refractivity contribution in [2.75, 3.05) is 14.2 Å². The normalized spacial score (nSPS) is 22.6. The maximum Gasteiger partial charge on any atom is 0.157 e. The third-order valence-electron chi connectivity index (χ3n) is 2.04. The fraction of sp³-hybridized carbons (Fsp3) is 0.667. The lowest BCUT2D eigenvalue weighted by atomic mass is 10.1. The average Bonchev–Trinajstić information content (AvgIpc) is 2.47. The third kappa shape index (κ3) is 2.43. The van der Waals surface area contributed by atoms with Crippen molar-refractivity contribution in [2.45, 2.75) is 19.1 Å². The van der Waals surface area contributed by atoms with Crippen molar-refractivity contribution >= 4 is 5.78 Å². The lowest BCUT2D eigenvalue weighted by Gasteiger charge is -2.15. The molecule has 0 heterocycles. The third-order valence-corrected chi connectivity index (χ3v) is 2.04. The van der Waals surface area contributed by atoms with Crippen LogP contribution in [0.4, 0.5) is 0 Å². The first kappa shape index (κ1) is 9.42. The minimum absolute atomic E-state index is 0.189. The summed E-state index contributed by atoms with van der Waals surface area (Å²) in [6.45, 7) is 0. The average molecular weight is 170 g/mol. The van der Waals surface area contributed by atoms with E-state index in [1.165, 1.54) is 0 Å². The van der Waals surface area contributed by atoms with Gasteiger partial charge in [-0.2, -0.15) is 0 Å². The second kappa shape index (κ2) is 4.38. The molecule has 0 aliphatic heterocycles. The lowest BCUT2D eigenvalue weighted by Crippen LogP contribution is -2.16. The molecule has 0 aromatic rings. The molecule has 3 heteroatoms. The molecule has 1 rings (SSSR count). The summed E-state index contributed by atoms with van der Waals surface area (Å²) in [5, 5.41) is 0. The molecule has 0 radical (unpaired) electrons. The first-order valence-corrected chi connectivity index (χ1v) is 4.03. The van der Waals surface area contributed by atoms with Gasteiger partial charge in [0.2, 0.25) is 0 Å². The molecule has 68 valence electrons. The number of allylic oxidation sites excluding steroid dienone is 2. The summed E-state index contributed by atoms with van der Waals surface area (Å²) in [7, 11) is 3.21. The van der Waals surface area contributed by atoms with Gasteiger partial charge in [0, 0.05) is 27.1 Å². The Kier molecular flexibility index (Phi) is 3.44. The molecule has 0 amide bonds. The number of methoxy groups -OCH3 is 2. The Bertz CT molecular complexity index is 182. The zero-order chi connectivity index (χ0) is 8.97. The van der Waals surface area contributed by atoms with Gasteiger partial charge in [-0.15, -0.1) is 0 Å². The number of ketones is 1. The number of carbonyl (C=O) groups excluding carboxylic acids is 1. The summed E-state index contributed by atoms with van der Waals surface area (Å²) < 4.78 is 10.1. The summed E-state index contributed by atoms with van der Waals surface area (Å²) in [6, 6.07) is 0. The van der Waals surface area contributed by atoms with Crippen molar-refractivity contribution in [2.24, 2.45) is 5.92 Å². The van der Waals surface area contributed by atoms with E-state index < -0.39 is 0 Å². The van der Waals surface area contributed by atoms with E-state index in [1.54, 1.807) is 20.3 Å². The Morgan fingerprint density at radius 2 is 2.25 bits per heavy atom. The number of rotatable bonds is 4. The van der Waals surface area contributed by atoms with Crippen molar-refractivity contribution < 1.29 is 14.3 Å². The first-order valence-electron chi connectivity index (χ1n) is 4.03. The highest BCUT2D eigenvalue weighted by molar-refractivity contribution is 5.92. The highest BCUT2D eigenvalue weighted by atomic mass is 16.7. The number of hydrogen-bond donors (Lipinski definition) is 0. The van der Waals surface area contributed by atoms with Crippen LogP contribution in [0.25, 0.3) is 0 Å². The van der Waals surface area contributed by atoms with Gasteiger partial charge in [0.25, 0.3) is 0 Å². The van der Waals surface area contributed by atoms with Gasteiger partial charge in [-0.3, -0.25) is 4.79 Å². The molecule has 0 N–H and O–H groups in total. The van der Waals surface area contributed by atoms with Gasteiger partial charge in [0.1, 0.15) is 0 Å². The van der Waals surface area contributed by atoms with E-state index >= 15 is 0 Å². The Balaban J connectivity index is 2.31. The molecule has 0 saturated carbocycles. The van der Waals surface area contributed by atoms with Crippen molar-refractivity contribution in [1.82, 2.24) is 0 Å². The summed E-state index contributed by atoms with van der Waals surface area (Å²) in [4.78, 5) is 10.8. The molecular formula is C9H14O3. The van der Waals surface area contributed by atoms with E-state index in [-0.39, 0.29) is 12.1 Å². The van der Waals surface area contributed by atoms with E-state index in [0.717, 1.165) is 6.42 Å². The summed E-state index contributed by atoms with van der Waals surface area (Å²) >= 11 is 0. The molecule has 1 aliphatic rings. The van der Waals surface area contributed by atoms with Crippen LogP contribution in [0.1, 0.15) is 12.8 Å². The van der Waals surface area contributed by atoms with Crippen LogP contribution in [0.3, 0.4) is 0 Å². The minimum Gasteiger partial charge on any atom is -0.356 e. The van der Waals surface area contributed by atoms with Crippen LogP contribution < -0.4 is 0 Å². The van der Waals surface area contributed by atoms with Gasteiger partial charge in [0.05, 0.1) is 0 Å². The van der Waals surface area contributed by atoms with Crippen molar-refractivity contribution in [3.63, 3.8) is 0 Å². The largest absolute Gasteiger partial charge is 0.356 e. The maximum atomic E-state index is 10.8. The van der Waals surface area contributed by atoms with Crippen LogP contribution in [0.15, 0.2) is 12.2 Å². The molecule has 0 aromatic carbocycles. The fourth-order valence-corrected chi connectivity index (χ4v) is 1.34. The van der Waals surface area contributed by atoms with Crippen LogP contribution >= 0.6 is 0 Å². The molecule has 3 nitrogen and oxygen atoms in total. The Morgan fingerprint density at radius 3 is 2.67 bits per heavy atom. The monoisotopic (exact) mass is 170 g/mol. The predicted octanol–water partition coefficient (Wildman–Crippen LogP) is 1.14. The molecule has 0 spiro atoms. The fourth-order valence-electron chi connectivity index (χ4n) is 1.34. The highest BCUT2D eigenvalue weighted by Gasteiger charge is 2.19. The molecule has 0 saturated heterocycles. The van der Waals surface area contributed by atoms with Crippen molar-refractivity contribution in [1.29, 1.82) is 0 Å². The molecule has 0 unspecified atom stereocenters. The van der Waals surface area contributed by atoms with Gasteiger partial charge in [-0.05, 0) is 12.0 Å². The zero-order valence-corrected chi connectivity index (χ0v) is 7.45. The standard InChI is InChI=1S/C9H14O3/c1-11-9(12-2)6-7-3-4-8(10)5-7/h3-4,7,9H,5-6H2,1-2H3/t7-/m0/s1. The van der Waals surface area contributed by atoms with Gasteiger partial charge >= 0.3 is 0 Å². The molecule has 0 bridgehead atoms. The van der Waals surface area contributed by atoms with Crippen LogP contribution in [0.2, 0.25) is 0 Å². The van der Waals surface area contributed by atoms with Crippen LogP contribution in [0, 0.1) is 5.92 Å². The second-order valence-electron chi connectivity index (χ2n) is 2.93. The van der Waals surface area contributed by atoms with E-state index in [1.807, 2.05) is 6.08 Å². The molecule has 0 aromatic heterocycles. The van der Waals surface area contributed by atoms with Crippen LogP contribution in [0.5, 0.6) is 0 Å². The number of ether oxygens (including phenoxy) is 2. The zero-order valence-electron chi connectivity index (χ0n) is 7.45. The van der Waals surface area contributed by atoms with Crippen molar-refractivity contribution in [3.8, 4) is 0 Å². The quantitative estimate of drug-likeness (QED) is 0.593. The lowest BCUT2D eigenvalue weighted by molar-refractivity contribution is -0.118. The Hall–Kier alpha value is -0.670. The molecule has 12 heavy (non-hydrogen) atoms.